The van der Waals surface area contributed by atoms with E-state index in [0.29, 0.717) is 23.2 Å². The van der Waals surface area contributed by atoms with Gasteiger partial charge in [-0.15, -0.1) is 0 Å². The van der Waals surface area contributed by atoms with Gasteiger partial charge in [-0.25, -0.2) is 4.98 Å². The predicted molar refractivity (Wildman–Crippen MR) is 90.1 cm³/mol. The summed E-state index contributed by atoms with van der Waals surface area (Å²) >= 11 is 9.42. The fourth-order valence-corrected chi connectivity index (χ4v) is 2.25. The number of benzene rings is 1. The molecule has 1 aromatic carbocycles. The maximum absolute atomic E-state index is 5.98. The molecule has 0 radical (unpaired) electrons. The summed E-state index contributed by atoms with van der Waals surface area (Å²) in [5.74, 6) is 1.26. The molecule has 21 heavy (non-hydrogen) atoms. The van der Waals surface area contributed by atoms with Crippen molar-refractivity contribution >= 4 is 27.5 Å². The van der Waals surface area contributed by atoms with Gasteiger partial charge in [-0.05, 0) is 61.0 Å². The van der Waals surface area contributed by atoms with E-state index in [0.717, 1.165) is 10.0 Å². The van der Waals surface area contributed by atoms with Crippen molar-refractivity contribution in [3.63, 3.8) is 0 Å². The summed E-state index contributed by atoms with van der Waals surface area (Å²) in [5.41, 5.74) is 1.01. The van der Waals surface area contributed by atoms with Crippen LogP contribution in [-0.4, -0.2) is 10.5 Å². The lowest BCUT2D eigenvalue weighted by Crippen LogP contribution is -2.35. The van der Waals surface area contributed by atoms with Crippen LogP contribution in [0.2, 0.25) is 5.02 Å². The number of aromatic nitrogens is 1. The number of pyridine rings is 1. The van der Waals surface area contributed by atoms with Gasteiger partial charge in [0.05, 0.1) is 0 Å². The number of nitrogens with one attached hydrogen (secondary N) is 1. The second kappa shape index (κ2) is 6.77. The molecule has 0 bridgehead atoms. The molecule has 5 heteroatoms. The molecule has 0 saturated heterocycles. The lowest BCUT2D eigenvalue weighted by atomic mass is 10.1. The minimum atomic E-state index is 0.0235. The minimum absolute atomic E-state index is 0.0235. The topological polar surface area (TPSA) is 34.2 Å². The normalized spacial score (nSPS) is 11.5. The zero-order chi connectivity index (χ0) is 15.5. The van der Waals surface area contributed by atoms with Crippen molar-refractivity contribution < 1.29 is 4.74 Å². The number of halogens is 2. The number of hydrogen-bond donors (Lipinski definition) is 1. The van der Waals surface area contributed by atoms with E-state index in [9.17, 15) is 0 Å². The van der Waals surface area contributed by atoms with Gasteiger partial charge in [0.2, 0.25) is 5.88 Å². The van der Waals surface area contributed by atoms with Crippen LogP contribution in [-0.2, 0) is 6.54 Å². The molecule has 0 spiro atoms. The minimum Gasteiger partial charge on any atom is -0.439 e. The summed E-state index contributed by atoms with van der Waals surface area (Å²) in [6.45, 7) is 7.04. The summed E-state index contributed by atoms with van der Waals surface area (Å²) in [5, 5.41) is 4.07. The average Bonchev–Trinajstić information content (AvgIpc) is 2.38. The van der Waals surface area contributed by atoms with E-state index >= 15 is 0 Å². The van der Waals surface area contributed by atoms with Gasteiger partial charge in [0, 0.05) is 33.3 Å². The summed E-state index contributed by atoms with van der Waals surface area (Å²) in [6, 6.07) is 9.30. The molecule has 1 aromatic heterocycles. The molecule has 0 amide bonds. The number of nitrogens with zero attached hydrogens (tertiary/aromatic N) is 1. The van der Waals surface area contributed by atoms with Crippen molar-refractivity contribution in [3.05, 3.63) is 51.6 Å². The van der Waals surface area contributed by atoms with Gasteiger partial charge < -0.3 is 10.1 Å². The Kier molecular flexibility index (Phi) is 5.25. The summed E-state index contributed by atoms with van der Waals surface area (Å²) < 4.78 is 6.78. The molecule has 0 saturated carbocycles. The Morgan fingerprint density at radius 2 is 2.05 bits per heavy atom. The van der Waals surface area contributed by atoms with Gasteiger partial charge in [-0.3, -0.25) is 0 Å². The van der Waals surface area contributed by atoms with Gasteiger partial charge in [0.15, 0.2) is 0 Å². The lowest BCUT2D eigenvalue weighted by molar-refractivity contribution is 0.409. The van der Waals surface area contributed by atoms with Crippen molar-refractivity contribution in [1.82, 2.24) is 10.3 Å². The Hall–Kier alpha value is -1.10. The third-order valence-corrected chi connectivity index (χ3v) is 3.38. The third kappa shape index (κ3) is 5.30. The maximum Gasteiger partial charge on any atom is 0.223 e. The molecule has 0 fully saturated rings. The van der Waals surface area contributed by atoms with Gasteiger partial charge in [0.25, 0.3) is 0 Å². The van der Waals surface area contributed by atoms with Crippen molar-refractivity contribution in [2.75, 3.05) is 0 Å². The van der Waals surface area contributed by atoms with E-state index in [1.165, 1.54) is 0 Å². The van der Waals surface area contributed by atoms with Gasteiger partial charge in [-0.1, -0.05) is 17.7 Å². The van der Waals surface area contributed by atoms with E-state index < -0.39 is 0 Å². The molecule has 1 N–H and O–H groups in total. The summed E-state index contributed by atoms with van der Waals surface area (Å²) in [7, 11) is 0. The molecular weight excluding hydrogens is 352 g/mol. The van der Waals surface area contributed by atoms with Crippen LogP contribution in [0.5, 0.6) is 11.6 Å². The van der Waals surface area contributed by atoms with Crippen LogP contribution < -0.4 is 10.1 Å². The number of rotatable bonds is 4. The fraction of sp³-hybridized carbons (Fsp3) is 0.312. The highest BCUT2D eigenvalue weighted by Gasteiger charge is 2.13. The van der Waals surface area contributed by atoms with Crippen LogP contribution in [0.1, 0.15) is 26.3 Å². The molecule has 0 atom stereocenters. The Morgan fingerprint density at radius 3 is 2.71 bits per heavy atom. The van der Waals surface area contributed by atoms with Crippen LogP contribution in [0, 0.1) is 0 Å². The van der Waals surface area contributed by atoms with Crippen LogP contribution in [0.25, 0.3) is 0 Å². The molecule has 0 unspecified atom stereocenters. The second-order valence-electron chi connectivity index (χ2n) is 5.78. The average molecular weight is 370 g/mol. The lowest BCUT2D eigenvalue weighted by Gasteiger charge is -2.21. The van der Waals surface area contributed by atoms with E-state index in [-0.39, 0.29) is 5.54 Å². The first kappa shape index (κ1) is 16.3. The number of hydrogen-bond acceptors (Lipinski definition) is 3. The summed E-state index contributed by atoms with van der Waals surface area (Å²) in [4.78, 5) is 4.35. The highest BCUT2D eigenvalue weighted by molar-refractivity contribution is 9.10. The molecule has 2 aromatic rings. The first-order valence-corrected chi connectivity index (χ1v) is 7.83. The van der Waals surface area contributed by atoms with Crippen LogP contribution in [0.15, 0.2) is 41.0 Å². The molecule has 2 rings (SSSR count). The zero-order valence-electron chi connectivity index (χ0n) is 12.3. The highest BCUT2D eigenvalue weighted by atomic mass is 79.9. The molecule has 0 aliphatic rings. The van der Waals surface area contributed by atoms with Gasteiger partial charge >= 0.3 is 0 Å². The molecule has 0 aliphatic heterocycles. The van der Waals surface area contributed by atoms with E-state index in [1.54, 1.807) is 12.3 Å². The first-order valence-electron chi connectivity index (χ1n) is 6.66. The smallest absolute Gasteiger partial charge is 0.223 e. The fourth-order valence-electron chi connectivity index (χ4n) is 1.69. The van der Waals surface area contributed by atoms with Crippen LogP contribution in [0.4, 0.5) is 0 Å². The molecular formula is C16H18BrClN2O. The zero-order valence-corrected chi connectivity index (χ0v) is 14.6. The van der Waals surface area contributed by atoms with Crippen LogP contribution in [0.3, 0.4) is 0 Å². The first-order chi connectivity index (χ1) is 9.83. The van der Waals surface area contributed by atoms with Crippen molar-refractivity contribution in [3.8, 4) is 11.6 Å². The maximum atomic E-state index is 5.98. The highest BCUT2D eigenvalue weighted by Crippen LogP contribution is 2.27. The van der Waals surface area contributed by atoms with Crippen LogP contribution >= 0.6 is 27.5 Å². The van der Waals surface area contributed by atoms with E-state index in [1.807, 2.05) is 24.3 Å². The number of ether oxygens (including phenoxy) is 1. The summed E-state index contributed by atoms with van der Waals surface area (Å²) in [6.07, 6.45) is 1.72. The molecule has 1 heterocycles. The standard InChI is InChI=1S/C16H18BrClN2O/c1-16(2,3)20-9-11-7-12(17)10-19-15(11)21-14-6-4-5-13(18)8-14/h4-8,10,20H,9H2,1-3H3. The molecule has 112 valence electrons. The Morgan fingerprint density at radius 1 is 1.29 bits per heavy atom. The van der Waals surface area contributed by atoms with Crippen molar-refractivity contribution in [2.24, 2.45) is 0 Å². The van der Waals surface area contributed by atoms with Crippen molar-refractivity contribution in [1.29, 1.82) is 0 Å². The predicted octanol–water partition coefficient (Wildman–Crippen LogP) is 5.18. The van der Waals surface area contributed by atoms with E-state index in [4.69, 9.17) is 16.3 Å². The molecule has 3 nitrogen and oxygen atoms in total. The quantitative estimate of drug-likeness (QED) is 0.806. The Balaban J connectivity index is 2.22. The van der Waals surface area contributed by atoms with E-state index in [2.05, 4.69) is 47.0 Å². The third-order valence-electron chi connectivity index (χ3n) is 2.71. The van der Waals surface area contributed by atoms with Gasteiger partial charge in [0.1, 0.15) is 5.75 Å². The monoisotopic (exact) mass is 368 g/mol. The Bertz CT molecular complexity index is 626. The van der Waals surface area contributed by atoms with Crippen molar-refractivity contribution in [2.45, 2.75) is 32.9 Å². The largest absolute Gasteiger partial charge is 0.439 e. The Labute approximate surface area is 138 Å². The second-order valence-corrected chi connectivity index (χ2v) is 7.13. The molecule has 0 aliphatic carbocycles. The SMILES string of the molecule is CC(C)(C)NCc1cc(Br)cnc1Oc1cccc(Cl)c1. The van der Waals surface area contributed by atoms with Gasteiger partial charge in [-0.2, -0.15) is 0 Å².